The summed E-state index contributed by atoms with van der Waals surface area (Å²) < 4.78 is 0. The van der Waals surface area contributed by atoms with E-state index in [1.807, 2.05) is 6.92 Å². The van der Waals surface area contributed by atoms with E-state index in [1.54, 1.807) is 0 Å². The minimum Gasteiger partial charge on any atom is -0.303 e. The summed E-state index contributed by atoms with van der Waals surface area (Å²) in [6.07, 6.45) is 9.79. The molecule has 0 heterocycles. The van der Waals surface area contributed by atoms with Crippen molar-refractivity contribution < 1.29 is 4.79 Å². The third-order valence-electron chi connectivity index (χ3n) is 1.66. The van der Waals surface area contributed by atoms with E-state index >= 15 is 0 Å². The van der Waals surface area contributed by atoms with E-state index < -0.39 is 0 Å². The van der Waals surface area contributed by atoms with Gasteiger partial charge in [-0.3, -0.25) is 0 Å². The summed E-state index contributed by atoms with van der Waals surface area (Å²) in [6.45, 7) is 4.10. The molecule has 0 aliphatic heterocycles. The lowest BCUT2D eigenvalue weighted by atomic mass is 10.1. The Balaban J connectivity index is 3.13. The van der Waals surface area contributed by atoms with Crippen LogP contribution in [0, 0.1) is 5.92 Å². The molecule has 0 aromatic carbocycles. The van der Waals surface area contributed by atoms with Crippen LogP contribution in [0.15, 0.2) is 12.2 Å². The van der Waals surface area contributed by atoms with Gasteiger partial charge < -0.3 is 4.79 Å². The van der Waals surface area contributed by atoms with Crippen molar-refractivity contribution >= 4 is 6.29 Å². The van der Waals surface area contributed by atoms with Gasteiger partial charge in [0.25, 0.3) is 0 Å². The second-order valence-electron chi connectivity index (χ2n) is 2.92. The summed E-state index contributed by atoms with van der Waals surface area (Å²) in [6, 6.07) is 0. The van der Waals surface area contributed by atoms with E-state index in [4.69, 9.17) is 0 Å². The molecule has 0 rings (SSSR count). The van der Waals surface area contributed by atoms with Gasteiger partial charge in [-0.1, -0.05) is 26.0 Å². The number of hydrogen-bond donors (Lipinski definition) is 0. The highest BCUT2D eigenvalue weighted by Gasteiger charge is 1.96. The Morgan fingerprint density at radius 1 is 1.36 bits per heavy atom. The lowest BCUT2D eigenvalue weighted by molar-refractivity contribution is -0.110. The fourth-order valence-electron chi connectivity index (χ4n) is 0.910. The average Bonchev–Trinajstić information content (AvgIpc) is 2.04. The fraction of sp³-hybridized carbons (Fsp3) is 0.700. The van der Waals surface area contributed by atoms with Gasteiger partial charge in [0.15, 0.2) is 0 Å². The molecule has 11 heavy (non-hydrogen) atoms. The van der Waals surface area contributed by atoms with E-state index in [0.29, 0.717) is 0 Å². The number of allylic oxidation sites excluding steroid dienone is 2. The summed E-state index contributed by atoms with van der Waals surface area (Å²) in [5, 5.41) is 0. The van der Waals surface area contributed by atoms with Crippen LogP contribution in [-0.4, -0.2) is 6.29 Å². The van der Waals surface area contributed by atoms with Gasteiger partial charge in [-0.25, -0.2) is 0 Å². The highest BCUT2D eigenvalue weighted by atomic mass is 16.1. The summed E-state index contributed by atoms with van der Waals surface area (Å²) >= 11 is 0. The third-order valence-corrected chi connectivity index (χ3v) is 1.66. The fourth-order valence-corrected chi connectivity index (χ4v) is 0.910. The quantitative estimate of drug-likeness (QED) is 0.326. The molecule has 64 valence electrons. The lowest BCUT2D eigenvalue weighted by Crippen LogP contribution is -1.93. The summed E-state index contributed by atoms with van der Waals surface area (Å²) in [5.74, 6) is 0.241. The van der Waals surface area contributed by atoms with E-state index in [2.05, 4.69) is 19.1 Å². The highest BCUT2D eigenvalue weighted by molar-refractivity contribution is 5.52. The van der Waals surface area contributed by atoms with Crippen LogP contribution >= 0.6 is 0 Å². The number of carbonyl (C=O) groups excluding carboxylic acids is 1. The number of hydrogen-bond acceptors (Lipinski definition) is 1. The lowest BCUT2D eigenvalue weighted by Gasteiger charge is -1.99. The van der Waals surface area contributed by atoms with Crippen LogP contribution in [0.1, 0.15) is 39.5 Å². The molecule has 0 amide bonds. The molecule has 1 heteroatoms. The van der Waals surface area contributed by atoms with Gasteiger partial charge in [0, 0.05) is 5.92 Å². The molecule has 1 unspecified atom stereocenters. The first-order chi connectivity index (χ1) is 5.31. The van der Waals surface area contributed by atoms with Crippen LogP contribution < -0.4 is 0 Å². The maximum Gasteiger partial charge on any atom is 0.122 e. The van der Waals surface area contributed by atoms with Crippen molar-refractivity contribution in [2.45, 2.75) is 39.5 Å². The standard InChI is InChI=1S/C10H18O/c1-3-4-5-6-7-8-10(2)9-11/h4-5,9-10H,3,6-8H2,1-2H3. The molecule has 0 aliphatic rings. The normalized spacial score (nSPS) is 13.6. The molecular weight excluding hydrogens is 136 g/mol. The highest BCUT2D eigenvalue weighted by Crippen LogP contribution is 2.05. The molecule has 0 N–H and O–H groups in total. The number of aldehydes is 1. The van der Waals surface area contributed by atoms with E-state index in [1.165, 1.54) is 0 Å². The topological polar surface area (TPSA) is 17.1 Å². The first-order valence-electron chi connectivity index (χ1n) is 4.41. The Labute approximate surface area is 69.5 Å². The van der Waals surface area contributed by atoms with Crippen LogP contribution in [0.5, 0.6) is 0 Å². The minimum absolute atomic E-state index is 0.241. The predicted molar refractivity (Wildman–Crippen MR) is 48.5 cm³/mol. The van der Waals surface area contributed by atoms with Gasteiger partial charge in [0.2, 0.25) is 0 Å². The van der Waals surface area contributed by atoms with Gasteiger partial charge in [0.1, 0.15) is 6.29 Å². The zero-order valence-corrected chi connectivity index (χ0v) is 7.55. The molecule has 0 spiro atoms. The molecule has 0 bridgehead atoms. The van der Waals surface area contributed by atoms with Crippen molar-refractivity contribution in [1.82, 2.24) is 0 Å². The molecule has 1 nitrogen and oxygen atoms in total. The number of unbranched alkanes of at least 4 members (excludes halogenated alkanes) is 1. The summed E-state index contributed by atoms with van der Waals surface area (Å²) in [5.41, 5.74) is 0. The summed E-state index contributed by atoms with van der Waals surface area (Å²) in [7, 11) is 0. The molecule has 0 aliphatic carbocycles. The van der Waals surface area contributed by atoms with Crippen molar-refractivity contribution in [2.24, 2.45) is 5.92 Å². The van der Waals surface area contributed by atoms with Crippen LogP contribution in [0.2, 0.25) is 0 Å². The molecule has 1 atom stereocenters. The zero-order valence-electron chi connectivity index (χ0n) is 7.55. The van der Waals surface area contributed by atoms with Crippen LogP contribution in [0.4, 0.5) is 0 Å². The average molecular weight is 154 g/mol. The monoisotopic (exact) mass is 154 g/mol. The third kappa shape index (κ3) is 7.31. The Bertz CT molecular complexity index is 116. The van der Waals surface area contributed by atoms with Crippen molar-refractivity contribution in [3.8, 4) is 0 Å². The van der Waals surface area contributed by atoms with Gasteiger partial charge in [-0.15, -0.1) is 0 Å². The van der Waals surface area contributed by atoms with E-state index in [-0.39, 0.29) is 5.92 Å². The van der Waals surface area contributed by atoms with Crippen LogP contribution in [0.3, 0.4) is 0 Å². The van der Waals surface area contributed by atoms with Crippen molar-refractivity contribution in [2.75, 3.05) is 0 Å². The number of rotatable bonds is 6. The second-order valence-corrected chi connectivity index (χ2v) is 2.92. The zero-order chi connectivity index (χ0) is 8.53. The smallest absolute Gasteiger partial charge is 0.122 e. The Morgan fingerprint density at radius 2 is 2.09 bits per heavy atom. The maximum atomic E-state index is 10.2. The Morgan fingerprint density at radius 3 is 2.64 bits per heavy atom. The largest absolute Gasteiger partial charge is 0.303 e. The van der Waals surface area contributed by atoms with Gasteiger partial charge in [-0.05, 0) is 25.7 Å². The van der Waals surface area contributed by atoms with Gasteiger partial charge >= 0.3 is 0 Å². The SMILES string of the molecule is CCC=CCCCC(C)C=O. The first kappa shape index (κ1) is 10.4. The Kier molecular flexibility index (Phi) is 7.11. The molecule has 0 fully saturated rings. The first-order valence-corrected chi connectivity index (χ1v) is 4.41. The van der Waals surface area contributed by atoms with Crippen molar-refractivity contribution in [1.29, 1.82) is 0 Å². The van der Waals surface area contributed by atoms with Crippen molar-refractivity contribution in [3.63, 3.8) is 0 Å². The number of carbonyl (C=O) groups is 1. The molecule has 0 aromatic heterocycles. The summed E-state index contributed by atoms with van der Waals surface area (Å²) in [4.78, 5) is 10.2. The minimum atomic E-state index is 0.241. The van der Waals surface area contributed by atoms with Crippen LogP contribution in [-0.2, 0) is 4.79 Å². The molecule has 0 aromatic rings. The molecule has 0 saturated heterocycles. The van der Waals surface area contributed by atoms with Crippen molar-refractivity contribution in [3.05, 3.63) is 12.2 Å². The second kappa shape index (κ2) is 7.52. The van der Waals surface area contributed by atoms with E-state index in [9.17, 15) is 4.79 Å². The molecule has 0 radical (unpaired) electrons. The molecular formula is C10H18O. The van der Waals surface area contributed by atoms with Gasteiger partial charge in [-0.2, -0.15) is 0 Å². The van der Waals surface area contributed by atoms with Gasteiger partial charge in [0.05, 0.1) is 0 Å². The molecule has 0 saturated carbocycles. The Hall–Kier alpha value is -0.590. The maximum absolute atomic E-state index is 10.2. The van der Waals surface area contributed by atoms with E-state index in [0.717, 1.165) is 32.0 Å². The van der Waals surface area contributed by atoms with Crippen LogP contribution in [0.25, 0.3) is 0 Å². The predicted octanol–water partition coefficient (Wildman–Crippen LogP) is 2.96.